The van der Waals surface area contributed by atoms with Crippen LogP contribution in [0.3, 0.4) is 0 Å². The molecule has 0 aliphatic rings. The second-order valence-electron chi connectivity index (χ2n) is 5.52. The lowest BCUT2D eigenvalue weighted by atomic mass is 10.0. The third-order valence-corrected chi connectivity index (χ3v) is 3.67. The third kappa shape index (κ3) is 7.15. The van der Waals surface area contributed by atoms with Crippen LogP contribution in [0.5, 0.6) is 0 Å². The van der Waals surface area contributed by atoms with Gasteiger partial charge in [-0.15, -0.1) is 0 Å². The summed E-state index contributed by atoms with van der Waals surface area (Å²) in [5, 5.41) is 0. The Morgan fingerprint density at radius 3 is 2.21 bits per heavy atom. The molecule has 1 aromatic carbocycles. The van der Waals surface area contributed by atoms with E-state index in [9.17, 15) is 4.79 Å². The molecule has 0 amide bonds. The van der Waals surface area contributed by atoms with Crippen LogP contribution in [0.25, 0.3) is 0 Å². The monoisotopic (exact) mass is 260 g/mol. The summed E-state index contributed by atoms with van der Waals surface area (Å²) in [4.78, 5) is 11.5. The Balaban J connectivity index is 2.18. The van der Waals surface area contributed by atoms with Crippen molar-refractivity contribution in [2.45, 2.75) is 71.6 Å². The Morgan fingerprint density at radius 1 is 0.895 bits per heavy atom. The van der Waals surface area contributed by atoms with Crippen LogP contribution in [0.1, 0.15) is 69.4 Å². The van der Waals surface area contributed by atoms with Crippen molar-refractivity contribution in [3.63, 3.8) is 0 Å². The Labute approximate surface area is 118 Å². The van der Waals surface area contributed by atoms with Crippen LogP contribution in [-0.2, 0) is 6.42 Å². The van der Waals surface area contributed by atoms with Crippen LogP contribution in [0.4, 0.5) is 0 Å². The first-order valence-corrected chi connectivity index (χ1v) is 7.84. The van der Waals surface area contributed by atoms with E-state index in [1.807, 2.05) is 19.1 Å². The molecule has 0 aliphatic carbocycles. The van der Waals surface area contributed by atoms with Crippen molar-refractivity contribution in [2.75, 3.05) is 0 Å². The van der Waals surface area contributed by atoms with Crippen LogP contribution in [0.2, 0.25) is 0 Å². The normalized spacial score (nSPS) is 10.6. The summed E-state index contributed by atoms with van der Waals surface area (Å²) in [5.41, 5.74) is 2.30. The second kappa shape index (κ2) is 9.77. The van der Waals surface area contributed by atoms with Gasteiger partial charge in [0.2, 0.25) is 0 Å². The maximum absolute atomic E-state index is 11.5. The Morgan fingerprint density at radius 2 is 1.53 bits per heavy atom. The van der Waals surface area contributed by atoms with Gasteiger partial charge in [0.05, 0.1) is 0 Å². The summed E-state index contributed by atoms with van der Waals surface area (Å²) in [6.07, 6.45) is 11.9. The minimum Gasteiger partial charge on any atom is -0.290 e. The van der Waals surface area contributed by atoms with Gasteiger partial charge in [0.1, 0.15) is 0 Å². The Bertz CT molecular complexity index is 409. The fourth-order valence-corrected chi connectivity index (χ4v) is 2.41. The molecular weight excluding hydrogens is 232 g/mol. The molecule has 0 atom stereocenters. The van der Waals surface area contributed by atoms with E-state index < -0.39 is 0 Å². The van der Waals surface area contributed by atoms with Crippen molar-refractivity contribution in [3.05, 3.63) is 45.6 Å². The van der Waals surface area contributed by atoms with E-state index in [1.165, 1.54) is 56.9 Å². The van der Waals surface area contributed by atoms with Gasteiger partial charge in [0.25, 0.3) is 0 Å². The molecule has 19 heavy (non-hydrogen) atoms. The first kappa shape index (κ1) is 15.9. The van der Waals surface area contributed by atoms with E-state index in [1.54, 1.807) is 6.07 Å². The molecule has 0 saturated carbocycles. The van der Waals surface area contributed by atoms with Crippen molar-refractivity contribution < 1.29 is 0 Å². The predicted molar refractivity (Wildman–Crippen MR) is 83.8 cm³/mol. The Hall–Kier alpha value is -1.11. The average Bonchev–Trinajstić information content (AvgIpc) is 2.55. The van der Waals surface area contributed by atoms with E-state index in [-0.39, 0.29) is 5.43 Å². The molecule has 106 valence electrons. The molecule has 0 radical (unpaired) electrons. The summed E-state index contributed by atoms with van der Waals surface area (Å²) in [5.74, 6) is 0. The van der Waals surface area contributed by atoms with Gasteiger partial charge in [-0.1, -0.05) is 70.1 Å². The largest absolute Gasteiger partial charge is 0.290 e. The molecule has 1 rings (SSSR count). The molecule has 0 unspecified atom stereocenters. The minimum absolute atomic E-state index is 0.141. The molecule has 0 saturated heterocycles. The van der Waals surface area contributed by atoms with Gasteiger partial charge >= 0.3 is 0 Å². The molecule has 0 N–H and O–H groups in total. The van der Waals surface area contributed by atoms with Gasteiger partial charge in [-0.25, -0.2) is 0 Å². The quantitative estimate of drug-likeness (QED) is 0.569. The van der Waals surface area contributed by atoms with Crippen molar-refractivity contribution in [1.29, 1.82) is 0 Å². The zero-order valence-corrected chi connectivity index (χ0v) is 12.6. The molecule has 1 nitrogen and oxygen atoms in total. The van der Waals surface area contributed by atoms with Crippen LogP contribution in [0.15, 0.2) is 29.1 Å². The highest BCUT2D eigenvalue weighted by molar-refractivity contribution is 5.20. The number of hydrogen-bond acceptors (Lipinski definition) is 1. The highest BCUT2D eigenvalue weighted by Gasteiger charge is 1.96. The second-order valence-corrected chi connectivity index (χ2v) is 5.52. The molecule has 0 aromatic heterocycles. The van der Waals surface area contributed by atoms with Gasteiger partial charge < -0.3 is 0 Å². The highest BCUT2D eigenvalue weighted by Crippen LogP contribution is 2.11. The van der Waals surface area contributed by atoms with Crippen LogP contribution in [0, 0.1) is 6.92 Å². The fourth-order valence-electron chi connectivity index (χ4n) is 2.41. The number of unbranched alkanes of at least 4 members (excludes halogenated alkanes) is 7. The van der Waals surface area contributed by atoms with Gasteiger partial charge in [-0.3, -0.25) is 4.79 Å². The Kier molecular flexibility index (Phi) is 8.20. The molecule has 0 heterocycles. The smallest absolute Gasteiger partial charge is 0.181 e. The summed E-state index contributed by atoms with van der Waals surface area (Å²) in [7, 11) is 0. The maximum atomic E-state index is 11.5. The molecule has 0 aliphatic heterocycles. The average molecular weight is 260 g/mol. The van der Waals surface area contributed by atoms with E-state index >= 15 is 0 Å². The van der Waals surface area contributed by atoms with Gasteiger partial charge in [-0.2, -0.15) is 0 Å². The first-order chi connectivity index (χ1) is 9.24. The molecule has 1 heteroatoms. The zero-order valence-electron chi connectivity index (χ0n) is 12.6. The van der Waals surface area contributed by atoms with Gasteiger partial charge in [-0.05, 0) is 37.0 Å². The van der Waals surface area contributed by atoms with Crippen LogP contribution < -0.4 is 5.43 Å². The fraction of sp³-hybridized carbons (Fsp3) is 0.611. The van der Waals surface area contributed by atoms with Gasteiger partial charge in [0, 0.05) is 0 Å². The van der Waals surface area contributed by atoms with Gasteiger partial charge in [0.15, 0.2) is 5.43 Å². The summed E-state index contributed by atoms with van der Waals surface area (Å²) in [6, 6.07) is 7.67. The number of rotatable bonds is 9. The first-order valence-electron chi connectivity index (χ1n) is 7.84. The highest BCUT2D eigenvalue weighted by atomic mass is 16.1. The number of hydrogen-bond donors (Lipinski definition) is 0. The summed E-state index contributed by atoms with van der Waals surface area (Å²) < 4.78 is 0. The van der Waals surface area contributed by atoms with Crippen LogP contribution in [-0.4, -0.2) is 0 Å². The third-order valence-electron chi connectivity index (χ3n) is 3.67. The minimum atomic E-state index is 0.141. The molecule has 0 fully saturated rings. The predicted octanol–water partition coefficient (Wildman–Crippen LogP) is 5.04. The summed E-state index contributed by atoms with van der Waals surface area (Å²) >= 11 is 0. The maximum Gasteiger partial charge on any atom is 0.181 e. The van der Waals surface area contributed by atoms with E-state index in [0.29, 0.717) is 0 Å². The lowest BCUT2D eigenvalue weighted by Gasteiger charge is -2.01. The van der Waals surface area contributed by atoms with Crippen molar-refractivity contribution in [1.82, 2.24) is 0 Å². The standard InChI is InChI=1S/C18H28O/c1-3-4-5-6-7-8-9-10-12-17-13-11-14-18(19)16(2)15-17/h11,13-15H,3-10,12H2,1-2H3. The molecule has 0 bridgehead atoms. The molecule has 1 aromatic rings. The van der Waals surface area contributed by atoms with Crippen molar-refractivity contribution in [3.8, 4) is 0 Å². The molecule has 0 spiro atoms. The molecular formula is C18H28O. The number of aryl methyl sites for hydroxylation is 2. The lowest BCUT2D eigenvalue weighted by Crippen LogP contribution is -1.97. The van der Waals surface area contributed by atoms with E-state index in [4.69, 9.17) is 0 Å². The zero-order chi connectivity index (χ0) is 13.9. The van der Waals surface area contributed by atoms with Crippen LogP contribution >= 0.6 is 0 Å². The summed E-state index contributed by atoms with van der Waals surface area (Å²) in [6.45, 7) is 4.16. The van der Waals surface area contributed by atoms with Crippen molar-refractivity contribution >= 4 is 0 Å². The van der Waals surface area contributed by atoms with E-state index in [2.05, 4.69) is 13.0 Å². The lowest BCUT2D eigenvalue weighted by molar-refractivity contribution is 0.575. The van der Waals surface area contributed by atoms with Crippen molar-refractivity contribution in [2.24, 2.45) is 0 Å². The SMILES string of the molecule is CCCCCCCCCCc1cccc(=O)c(C)c1. The topological polar surface area (TPSA) is 17.1 Å². The van der Waals surface area contributed by atoms with E-state index in [0.717, 1.165) is 12.0 Å².